The van der Waals surface area contributed by atoms with Crippen molar-refractivity contribution in [2.75, 3.05) is 0 Å². The molecule has 2 aromatic carbocycles. The van der Waals surface area contributed by atoms with Gasteiger partial charge in [-0.05, 0) is 109 Å². The number of carbonyl (C=O) groups is 1. The van der Waals surface area contributed by atoms with Gasteiger partial charge in [-0.3, -0.25) is 14.6 Å². The number of ether oxygens (including phenoxy) is 1. The van der Waals surface area contributed by atoms with Crippen LogP contribution in [0.5, 0.6) is 17.2 Å². The minimum absolute atomic E-state index is 0.102. The van der Waals surface area contributed by atoms with Crippen LogP contribution in [0, 0.1) is 19.8 Å². The summed E-state index contributed by atoms with van der Waals surface area (Å²) in [6, 6.07) is 8.21. The summed E-state index contributed by atoms with van der Waals surface area (Å²) in [7, 11) is 0. The smallest absolute Gasteiger partial charge is 0.349 e. The van der Waals surface area contributed by atoms with Crippen LogP contribution in [0.2, 0.25) is 0 Å². The number of hydrogen-bond donors (Lipinski definition) is 3. The van der Waals surface area contributed by atoms with Crippen molar-refractivity contribution in [2.24, 2.45) is 5.92 Å². The Hall–Kier alpha value is -3.40. The maximum absolute atomic E-state index is 13.0. The summed E-state index contributed by atoms with van der Waals surface area (Å²) in [5.74, 6) is 1.27. The Morgan fingerprint density at radius 3 is 2.49 bits per heavy atom. The Morgan fingerprint density at radius 1 is 1.20 bits per heavy atom. The van der Waals surface area contributed by atoms with E-state index < -0.39 is 17.2 Å². The number of rotatable bonds is 5. The first-order valence-corrected chi connectivity index (χ1v) is 12.3. The second-order valence-corrected chi connectivity index (χ2v) is 10.4. The van der Waals surface area contributed by atoms with Crippen LogP contribution in [-0.2, 0) is 0 Å². The van der Waals surface area contributed by atoms with Crippen LogP contribution in [0.15, 0.2) is 44.4 Å². The lowest BCUT2D eigenvalue weighted by atomic mass is 9.93. The number of aryl methyl sites for hydroxylation is 2. The van der Waals surface area contributed by atoms with E-state index in [0.29, 0.717) is 27.6 Å². The number of hydrogen-bond acceptors (Lipinski definition) is 6. The van der Waals surface area contributed by atoms with Crippen LogP contribution in [0.25, 0.3) is 5.69 Å². The molecule has 10 heteroatoms. The Bertz CT molecular complexity index is 1430. The third-order valence-electron chi connectivity index (χ3n) is 6.99. The fraction of sp³-hybridized carbons (Fsp3) is 0.360. The average Bonchev–Trinajstić information content (AvgIpc) is 3.39. The summed E-state index contributed by atoms with van der Waals surface area (Å²) in [4.78, 5) is 40.3. The molecule has 0 radical (unpaired) electrons. The third-order valence-corrected chi connectivity index (χ3v) is 7.63. The van der Waals surface area contributed by atoms with E-state index in [-0.39, 0.29) is 17.0 Å². The van der Waals surface area contributed by atoms with Gasteiger partial charge in [-0.25, -0.2) is 4.79 Å². The second-order valence-electron chi connectivity index (χ2n) is 9.53. The zero-order valence-corrected chi connectivity index (χ0v) is 20.9. The quantitative estimate of drug-likeness (QED) is 0.451. The van der Waals surface area contributed by atoms with Crippen LogP contribution in [0.3, 0.4) is 0 Å². The van der Waals surface area contributed by atoms with Crippen molar-refractivity contribution < 1.29 is 14.6 Å². The fourth-order valence-electron chi connectivity index (χ4n) is 5.27. The van der Waals surface area contributed by atoms with E-state index in [1.165, 1.54) is 6.07 Å². The van der Waals surface area contributed by atoms with Crippen molar-refractivity contribution in [3.05, 3.63) is 72.5 Å². The minimum Gasteiger partial charge on any atom is -0.507 e. The van der Waals surface area contributed by atoms with Gasteiger partial charge in [0.15, 0.2) is 0 Å². The number of H-pyrrole nitrogens is 1. The maximum Gasteiger partial charge on any atom is 0.349 e. The first-order chi connectivity index (χ1) is 16.6. The van der Waals surface area contributed by atoms with E-state index in [1.807, 2.05) is 13.8 Å². The van der Waals surface area contributed by atoms with Crippen molar-refractivity contribution >= 4 is 21.8 Å². The van der Waals surface area contributed by atoms with Gasteiger partial charge in [-0.1, -0.05) is 0 Å². The zero-order valence-electron chi connectivity index (χ0n) is 19.4. The van der Waals surface area contributed by atoms with Crippen LogP contribution in [0.1, 0.15) is 53.7 Å². The predicted molar refractivity (Wildman–Crippen MR) is 133 cm³/mol. The normalized spacial score (nSPS) is 20.7. The molecule has 0 spiro atoms. The summed E-state index contributed by atoms with van der Waals surface area (Å²) in [5.41, 5.74) is -0.311. The number of benzene rings is 2. The number of amides is 1. The third kappa shape index (κ3) is 4.38. The lowest BCUT2D eigenvalue weighted by molar-refractivity contribution is 0.0892. The van der Waals surface area contributed by atoms with Gasteiger partial charge < -0.3 is 15.2 Å². The molecule has 5 rings (SSSR count). The van der Waals surface area contributed by atoms with Crippen LogP contribution in [-0.4, -0.2) is 31.3 Å². The molecule has 0 atom stereocenters. The number of nitrogens with zero attached hydrogens (tertiary/aromatic N) is 2. The summed E-state index contributed by atoms with van der Waals surface area (Å²) in [6.07, 6.45) is 4.89. The number of phenols is 1. The maximum atomic E-state index is 13.0. The summed E-state index contributed by atoms with van der Waals surface area (Å²) >= 11 is 3.27. The van der Waals surface area contributed by atoms with E-state index in [4.69, 9.17) is 4.74 Å². The highest BCUT2D eigenvalue weighted by atomic mass is 79.9. The largest absolute Gasteiger partial charge is 0.507 e. The SMILES string of the molecule is Cc1cc(-n2nc(C(=O)NC34CCC(CC3)C4)c(=O)[nH]c2=O)cc(C)c1Oc1ccc(O)c(Br)c1. The van der Waals surface area contributed by atoms with Gasteiger partial charge in [-0.15, -0.1) is 0 Å². The van der Waals surface area contributed by atoms with Gasteiger partial charge in [0.05, 0.1) is 10.2 Å². The van der Waals surface area contributed by atoms with Crippen molar-refractivity contribution in [3.63, 3.8) is 0 Å². The Labute approximate surface area is 209 Å². The van der Waals surface area contributed by atoms with E-state index in [1.54, 1.807) is 24.3 Å². The molecule has 35 heavy (non-hydrogen) atoms. The summed E-state index contributed by atoms with van der Waals surface area (Å²) in [5, 5.41) is 16.9. The Balaban J connectivity index is 1.46. The van der Waals surface area contributed by atoms with Gasteiger partial charge in [0.2, 0.25) is 5.69 Å². The summed E-state index contributed by atoms with van der Waals surface area (Å²) in [6.45, 7) is 3.64. The molecular weight excluding hydrogens is 516 g/mol. The van der Waals surface area contributed by atoms with Gasteiger partial charge >= 0.3 is 5.69 Å². The number of aromatic hydroxyl groups is 1. The molecule has 3 aromatic rings. The molecule has 3 N–H and O–H groups in total. The number of phenolic OH excluding ortho intramolecular Hbond substituents is 1. The molecule has 2 saturated carbocycles. The first kappa shape index (κ1) is 23.3. The lowest BCUT2D eigenvalue weighted by Crippen LogP contribution is -2.48. The highest BCUT2D eigenvalue weighted by Crippen LogP contribution is 2.47. The molecule has 2 fully saturated rings. The molecule has 9 nitrogen and oxygen atoms in total. The van der Waals surface area contributed by atoms with Crippen molar-refractivity contribution in [3.8, 4) is 22.9 Å². The van der Waals surface area contributed by atoms with Gasteiger partial charge in [0.25, 0.3) is 11.5 Å². The zero-order chi connectivity index (χ0) is 24.9. The van der Waals surface area contributed by atoms with E-state index in [9.17, 15) is 19.5 Å². The minimum atomic E-state index is -0.806. The lowest BCUT2D eigenvalue weighted by Gasteiger charge is -2.27. The second kappa shape index (κ2) is 8.67. The molecule has 182 valence electrons. The number of aromatic nitrogens is 3. The van der Waals surface area contributed by atoms with Crippen molar-refractivity contribution in [1.82, 2.24) is 20.1 Å². The number of nitrogens with one attached hydrogen (secondary N) is 2. The van der Waals surface area contributed by atoms with E-state index in [2.05, 4.69) is 31.3 Å². The van der Waals surface area contributed by atoms with Crippen molar-refractivity contribution in [1.29, 1.82) is 0 Å². The highest BCUT2D eigenvalue weighted by molar-refractivity contribution is 9.10. The first-order valence-electron chi connectivity index (χ1n) is 11.5. The number of halogens is 1. The summed E-state index contributed by atoms with van der Waals surface area (Å²) < 4.78 is 7.54. The Morgan fingerprint density at radius 2 is 1.89 bits per heavy atom. The predicted octanol–water partition coefficient (Wildman–Crippen LogP) is 3.86. The molecule has 0 saturated heterocycles. The molecule has 0 aliphatic heterocycles. The average molecular weight is 541 g/mol. The van der Waals surface area contributed by atoms with Gasteiger partial charge in [0.1, 0.15) is 17.2 Å². The topological polar surface area (TPSA) is 126 Å². The van der Waals surface area contributed by atoms with Crippen LogP contribution >= 0.6 is 15.9 Å². The standard InChI is InChI=1S/C25H25BrN4O5/c1-13-9-16(10-14(2)21(13)35-17-3-4-19(31)18(26)11-17)30-24(34)27-22(32)20(29-30)23(33)28-25-7-5-15(12-25)6-8-25/h3-4,9-11,15,31H,5-8,12H2,1-2H3,(H,28,33)(H,27,32,34). The Kier molecular flexibility index (Phi) is 5.79. The number of carbonyl (C=O) groups excluding carboxylic acids is 1. The van der Waals surface area contributed by atoms with Crippen LogP contribution < -0.4 is 21.3 Å². The van der Waals surface area contributed by atoms with E-state index >= 15 is 0 Å². The molecule has 2 aliphatic rings. The number of aromatic amines is 1. The van der Waals surface area contributed by atoms with Gasteiger partial charge in [-0.2, -0.15) is 9.78 Å². The molecular formula is C25H25BrN4O5. The highest BCUT2D eigenvalue weighted by Gasteiger charge is 2.46. The van der Waals surface area contributed by atoms with E-state index in [0.717, 1.165) is 47.9 Å². The molecule has 1 aromatic heterocycles. The molecule has 2 bridgehead atoms. The fourth-order valence-corrected chi connectivity index (χ4v) is 5.63. The molecule has 1 heterocycles. The molecule has 1 amide bonds. The van der Waals surface area contributed by atoms with Gasteiger partial charge in [0, 0.05) is 5.54 Å². The number of fused-ring (bicyclic) bond motifs is 2. The molecule has 2 aliphatic carbocycles. The van der Waals surface area contributed by atoms with Crippen molar-refractivity contribution in [2.45, 2.75) is 51.5 Å². The monoisotopic (exact) mass is 540 g/mol. The molecule has 0 unspecified atom stereocenters. The van der Waals surface area contributed by atoms with Crippen LogP contribution in [0.4, 0.5) is 0 Å².